The molecule has 4 rings (SSSR count). The number of aromatic amines is 1. The SMILES string of the molecule is CC1=Nc2ccc(-c3c[nH]c4nc(CC(C)C)ncc34)nc2C[C@@H]1CC(C)C. The van der Waals surface area contributed by atoms with E-state index in [2.05, 4.69) is 61.7 Å². The Hall–Kier alpha value is -2.56. The van der Waals surface area contributed by atoms with Crippen LogP contribution in [0.4, 0.5) is 5.69 Å². The van der Waals surface area contributed by atoms with Crippen molar-refractivity contribution in [1.82, 2.24) is 19.9 Å². The molecule has 1 atom stereocenters. The van der Waals surface area contributed by atoms with Crippen molar-refractivity contribution >= 4 is 22.4 Å². The number of hydrogen-bond donors (Lipinski definition) is 1. The highest BCUT2D eigenvalue weighted by Gasteiger charge is 2.23. The van der Waals surface area contributed by atoms with Crippen LogP contribution in [0.1, 0.15) is 52.6 Å². The maximum Gasteiger partial charge on any atom is 0.141 e. The Morgan fingerprint density at radius 3 is 2.68 bits per heavy atom. The molecule has 0 bridgehead atoms. The molecule has 0 aromatic carbocycles. The monoisotopic (exact) mass is 375 g/mol. The first-order chi connectivity index (χ1) is 13.4. The molecule has 0 spiro atoms. The van der Waals surface area contributed by atoms with E-state index < -0.39 is 0 Å². The summed E-state index contributed by atoms with van der Waals surface area (Å²) < 4.78 is 0. The molecule has 0 fully saturated rings. The second-order valence-electron chi connectivity index (χ2n) is 8.79. The highest BCUT2D eigenvalue weighted by molar-refractivity contribution is 5.93. The van der Waals surface area contributed by atoms with E-state index in [-0.39, 0.29) is 0 Å². The van der Waals surface area contributed by atoms with Crippen LogP contribution in [0.2, 0.25) is 0 Å². The molecule has 0 saturated carbocycles. The molecule has 5 nitrogen and oxygen atoms in total. The first-order valence-corrected chi connectivity index (χ1v) is 10.3. The van der Waals surface area contributed by atoms with Crippen LogP contribution in [0.15, 0.2) is 29.5 Å². The summed E-state index contributed by atoms with van der Waals surface area (Å²) in [4.78, 5) is 22.4. The Morgan fingerprint density at radius 1 is 1.11 bits per heavy atom. The van der Waals surface area contributed by atoms with Crippen molar-refractivity contribution in [2.75, 3.05) is 0 Å². The minimum atomic E-state index is 0.486. The normalized spacial score (nSPS) is 16.7. The van der Waals surface area contributed by atoms with Crippen molar-refractivity contribution in [3.05, 3.63) is 36.0 Å². The van der Waals surface area contributed by atoms with Crippen molar-refractivity contribution < 1.29 is 0 Å². The summed E-state index contributed by atoms with van der Waals surface area (Å²) in [5.74, 6) is 2.57. The summed E-state index contributed by atoms with van der Waals surface area (Å²) in [6.45, 7) is 11.1. The van der Waals surface area contributed by atoms with Crippen molar-refractivity contribution in [2.45, 2.75) is 53.9 Å². The van der Waals surface area contributed by atoms with Crippen LogP contribution < -0.4 is 0 Å². The van der Waals surface area contributed by atoms with Crippen molar-refractivity contribution in [2.24, 2.45) is 22.7 Å². The van der Waals surface area contributed by atoms with Gasteiger partial charge in [-0.25, -0.2) is 9.97 Å². The number of hydrogen-bond acceptors (Lipinski definition) is 4. The van der Waals surface area contributed by atoms with Gasteiger partial charge in [0, 0.05) is 41.4 Å². The van der Waals surface area contributed by atoms with Crippen LogP contribution in [-0.4, -0.2) is 25.6 Å². The molecule has 0 amide bonds. The molecule has 0 aliphatic carbocycles. The lowest BCUT2D eigenvalue weighted by atomic mass is 9.87. The molecule has 3 aromatic rings. The number of nitrogens with one attached hydrogen (secondary N) is 1. The summed E-state index contributed by atoms with van der Waals surface area (Å²) in [6, 6.07) is 4.16. The van der Waals surface area contributed by atoms with Gasteiger partial charge in [-0.1, -0.05) is 27.7 Å². The fraction of sp³-hybridized carbons (Fsp3) is 0.478. The smallest absolute Gasteiger partial charge is 0.141 e. The minimum absolute atomic E-state index is 0.486. The van der Waals surface area contributed by atoms with E-state index in [0.717, 1.165) is 58.8 Å². The summed E-state index contributed by atoms with van der Waals surface area (Å²) in [5, 5.41) is 1.02. The van der Waals surface area contributed by atoms with Gasteiger partial charge in [-0.05, 0) is 43.7 Å². The zero-order valence-electron chi connectivity index (χ0n) is 17.5. The summed E-state index contributed by atoms with van der Waals surface area (Å²) in [6.07, 6.45) is 6.93. The predicted molar refractivity (Wildman–Crippen MR) is 115 cm³/mol. The second-order valence-corrected chi connectivity index (χ2v) is 8.79. The Kier molecular flexibility index (Phi) is 5.00. The van der Waals surface area contributed by atoms with Crippen LogP contribution in [0.5, 0.6) is 0 Å². The van der Waals surface area contributed by atoms with E-state index >= 15 is 0 Å². The molecule has 4 heterocycles. The van der Waals surface area contributed by atoms with E-state index in [4.69, 9.17) is 9.98 Å². The average molecular weight is 376 g/mol. The summed E-state index contributed by atoms with van der Waals surface area (Å²) in [7, 11) is 0. The molecule has 5 heteroatoms. The Labute approximate surface area is 166 Å². The van der Waals surface area contributed by atoms with Crippen LogP contribution >= 0.6 is 0 Å². The number of pyridine rings is 1. The fourth-order valence-corrected chi connectivity index (χ4v) is 4.00. The van der Waals surface area contributed by atoms with Gasteiger partial charge in [-0.15, -0.1) is 0 Å². The van der Waals surface area contributed by atoms with Crippen LogP contribution in [-0.2, 0) is 12.8 Å². The van der Waals surface area contributed by atoms with Gasteiger partial charge < -0.3 is 4.98 Å². The van der Waals surface area contributed by atoms with Gasteiger partial charge in [-0.3, -0.25) is 9.98 Å². The van der Waals surface area contributed by atoms with Gasteiger partial charge in [0.15, 0.2) is 0 Å². The van der Waals surface area contributed by atoms with E-state index in [0.29, 0.717) is 17.8 Å². The first kappa shape index (κ1) is 18.8. The molecule has 0 saturated heterocycles. The largest absolute Gasteiger partial charge is 0.345 e. The van der Waals surface area contributed by atoms with Gasteiger partial charge in [0.25, 0.3) is 0 Å². The van der Waals surface area contributed by atoms with Crippen molar-refractivity contribution in [3.8, 4) is 11.3 Å². The lowest BCUT2D eigenvalue weighted by molar-refractivity contribution is 0.486. The molecule has 146 valence electrons. The molecule has 0 radical (unpaired) electrons. The predicted octanol–water partition coefficient (Wildman–Crippen LogP) is 5.53. The molecular weight excluding hydrogens is 346 g/mol. The standard InChI is InChI=1S/C23H29N5/c1-13(2)8-16-10-21-20(26-15(16)5)7-6-19(27-21)17-11-25-23-18(17)12-24-22(28-23)9-14(3)4/h6-7,11-14,16H,8-10H2,1-5H3,(H,24,25,28)/t16-/m0/s1. The lowest BCUT2D eigenvalue weighted by Crippen LogP contribution is -2.20. The van der Waals surface area contributed by atoms with Crippen LogP contribution in [0.3, 0.4) is 0 Å². The Bertz CT molecular complexity index is 1030. The number of fused-ring (bicyclic) bond motifs is 2. The molecule has 3 aromatic heterocycles. The summed E-state index contributed by atoms with van der Waals surface area (Å²) >= 11 is 0. The number of nitrogens with zero attached hydrogens (tertiary/aromatic N) is 4. The van der Waals surface area contributed by atoms with E-state index in [9.17, 15) is 0 Å². The topological polar surface area (TPSA) is 66.8 Å². The highest BCUT2D eigenvalue weighted by Crippen LogP contribution is 2.34. The first-order valence-electron chi connectivity index (χ1n) is 10.3. The Morgan fingerprint density at radius 2 is 1.93 bits per heavy atom. The van der Waals surface area contributed by atoms with Gasteiger partial charge in [-0.2, -0.15) is 0 Å². The third kappa shape index (κ3) is 3.71. The quantitative estimate of drug-likeness (QED) is 0.637. The van der Waals surface area contributed by atoms with E-state index in [1.165, 1.54) is 5.71 Å². The highest BCUT2D eigenvalue weighted by atomic mass is 14.9. The third-order valence-corrected chi connectivity index (χ3v) is 5.38. The fourth-order valence-electron chi connectivity index (χ4n) is 4.00. The molecule has 1 N–H and O–H groups in total. The summed E-state index contributed by atoms with van der Waals surface area (Å²) in [5.41, 5.74) is 6.24. The third-order valence-electron chi connectivity index (χ3n) is 5.38. The van der Waals surface area contributed by atoms with Crippen LogP contribution in [0.25, 0.3) is 22.3 Å². The Balaban J connectivity index is 1.68. The van der Waals surface area contributed by atoms with Gasteiger partial charge in [0.1, 0.15) is 11.5 Å². The number of aromatic nitrogens is 4. The van der Waals surface area contributed by atoms with Gasteiger partial charge >= 0.3 is 0 Å². The average Bonchev–Trinajstić information content (AvgIpc) is 3.04. The molecular formula is C23H29N5. The molecule has 1 aliphatic heterocycles. The second kappa shape index (κ2) is 7.46. The zero-order valence-corrected chi connectivity index (χ0v) is 17.5. The van der Waals surface area contributed by atoms with Crippen LogP contribution in [0, 0.1) is 17.8 Å². The molecule has 1 aliphatic rings. The van der Waals surface area contributed by atoms with E-state index in [1.807, 2.05) is 12.4 Å². The molecule has 0 unspecified atom stereocenters. The number of H-pyrrole nitrogens is 1. The maximum absolute atomic E-state index is 4.99. The van der Waals surface area contributed by atoms with Crippen molar-refractivity contribution in [3.63, 3.8) is 0 Å². The van der Waals surface area contributed by atoms with Gasteiger partial charge in [0.2, 0.25) is 0 Å². The maximum atomic E-state index is 4.99. The van der Waals surface area contributed by atoms with Crippen molar-refractivity contribution in [1.29, 1.82) is 0 Å². The zero-order chi connectivity index (χ0) is 19.8. The van der Waals surface area contributed by atoms with E-state index in [1.54, 1.807) is 0 Å². The number of rotatable bonds is 5. The number of aliphatic imine (C=N–C) groups is 1. The lowest BCUT2D eigenvalue weighted by Gasteiger charge is -2.24. The molecule has 28 heavy (non-hydrogen) atoms. The van der Waals surface area contributed by atoms with Gasteiger partial charge in [0.05, 0.1) is 17.1 Å². The minimum Gasteiger partial charge on any atom is -0.345 e.